The molecule has 27 heavy (non-hydrogen) atoms. The Balaban J connectivity index is 1.60. The second-order valence-corrected chi connectivity index (χ2v) is 6.82. The number of carbonyl (C=O) groups is 2. The van der Waals surface area contributed by atoms with Gasteiger partial charge in [-0.15, -0.1) is 0 Å². The SMILES string of the molecule is CCN1CCN(C(=O)N[C@@H]2CC(=O)N(c3ccc(OC)c(OC)c3)C2)CC1. The number of methoxy groups -OCH3 is 2. The number of urea groups is 1. The minimum atomic E-state index is -0.192. The molecule has 1 aromatic rings. The molecular weight excluding hydrogens is 348 g/mol. The standard InChI is InChI=1S/C19H28N4O4/c1-4-21-7-9-22(10-8-21)19(25)20-14-11-18(24)23(13-14)15-5-6-16(26-2)17(12-15)27-3/h5-6,12,14H,4,7-11,13H2,1-3H3,(H,20,25)/t14-/m1/s1. The van der Waals surface area contributed by atoms with E-state index in [1.807, 2.05) is 11.0 Å². The lowest BCUT2D eigenvalue weighted by atomic mass is 10.2. The number of amides is 3. The van der Waals surface area contributed by atoms with Gasteiger partial charge in [0.1, 0.15) is 0 Å². The Labute approximate surface area is 160 Å². The van der Waals surface area contributed by atoms with Crippen LogP contribution < -0.4 is 19.7 Å². The fourth-order valence-corrected chi connectivity index (χ4v) is 3.58. The second-order valence-electron chi connectivity index (χ2n) is 6.82. The summed E-state index contributed by atoms with van der Waals surface area (Å²) in [7, 11) is 3.14. The first kappa shape index (κ1) is 19.3. The molecule has 2 heterocycles. The first-order valence-corrected chi connectivity index (χ1v) is 9.36. The van der Waals surface area contributed by atoms with Crippen LogP contribution in [0.4, 0.5) is 10.5 Å². The number of carbonyl (C=O) groups excluding carboxylic acids is 2. The highest BCUT2D eigenvalue weighted by atomic mass is 16.5. The summed E-state index contributed by atoms with van der Waals surface area (Å²) in [6.07, 6.45) is 0.301. The number of nitrogens with zero attached hydrogens (tertiary/aromatic N) is 3. The summed E-state index contributed by atoms with van der Waals surface area (Å²) in [6.45, 7) is 6.82. The third-order valence-corrected chi connectivity index (χ3v) is 5.24. The highest BCUT2D eigenvalue weighted by Crippen LogP contribution is 2.33. The molecule has 2 fully saturated rings. The van der Waals surface area contributed by atoms with Gasteiger partial charge in [0.25, 0.3) is 0 Å². The molecular formula is C19H28N4O4. The number of piperazine rings is 1. The van der Waals surface area contributed by atoms with E-state index in [1.165, 1.54) is 0 Å². The topological polar surface area (TPSA) is 74.4 Å². The van der Waals surface area contributed by atoms with E-state index < -0.39 is 0 Å². The van der Waals surface area contributed by atoms with E-state index in [0.717, 1.165) is 38.4 Å². The fraction of sp³-hybridized carbons (Fsp3) is 0.579. The maximum Gasteiger partial charge on any atom is 0.317 e. The van der Waals surface area contributed by atoms with E-state index in [1.54, 1.807) is 31.3 Å². The molecule has 1 atom stereocenters. The predicted molar refractivity (Wildman–Crippen MR) is 103 cm³/mol. The minimum Gasteiger partial charge on any atom is -0.493 e. The number of hydrogen-bond acceptors (Lipinski definition) is 5. The van der Waals surface area contributed by atoms with Crippen LogP contribution in [0.15, 0.2) is 18.2 Å². The van der Waals surface area contributed by atoms with Crippen molar-refractivity contribution in [2.75, 3.05) is 58.4 Å². The van der Waals surface area contributed by atoms with Gasteiger partial charge in [0.05, 0.1) is 20.3 Å². The molecule has 0 unspecified atom stereocenters. The van der Waals surface area contributed by atoms with Crippen molar-refractivity contribution < 1.29 is 19.1 Å². The smallest absolute Gasteiger partial charge is 0.317 e. The number of rotatable bonds is 5. The Kier molecular flexibility index (Phi) is 6.05. The van der Waals surface area contributed by atoms with E-state index in [4.69, 9.17) is 9.47 Å². The number of anilines is 1. The molecule has 148 valence electrons. The van der Waals surface area contributed by atoms with Crippen LogP contribution in [0.1, 0.15) is 13.3 Å². The second kappa shape index (κ2) is 8.47. The molecule has 0 bridgehead atoms. The molecule has 2 saturated heterocycles. The van der Waals surface area contributed by atoms with Crippen molar-refractivity contribution in [2.24, 2.45) is 0 Å². The Hall–Kier alpha value is -2.48. The number of ether oxygens (including phenoxy) is 2. The molecule has 0 saturated carbocycles. The lowest BCUT2D eigenvalue weighted by Gasteiger charge is -2.34. The van der Waals surface area contributed by atoms with Crippen molar-refractivity contribution in [3.05, 3.63) is 18.2 Å². The van der Waals surface area contributed by atoms with Crippen LogP contribution in [-0.2, 0) is 4.79 Å². The van der Waals surface area contributed by atoms with Crippen LogP contribution in [0.2, 0.25) is 0 Å². The van der Waals surface area contributed by atoms with E-state index in [9.17, 15) is 9.59 Å². The third-order valence-electron chi connectivity index (χ3n) is 5.24. The maximum atomic E-state index is 12.5. The van der Waals surface area contributed by atoms with Crippen molar-refractivity contribution in [2.45, 2.75) is 19.4 Å². The summed E-state index contributed by atoms with van der Waals surface area (Å²) in [5.41, 5.74) is 0.742. The van der Waals surface area contributed by atoms with E-state index in [0.29, 0.717) is 24.5 Å². The van der Waals surface area contributed by atoms with Crippen molar-refractivity contribution in [3.8, 4) is 11.5 Å². The molecule has 3 rings (SSSR count). The van der Waals surface area contributed by atoms with Gasteiger partial charge in [-0.25, -0.2) is 4.79 Å². The van der Waals surface area contributed by atoms with Crippen molar-refractivity contribution in [1.29, 1.82) is 0 Å². The Morgan fingerprint density at radius 3 is 2.48 bits per heavy atom. The summed E-state index contributed by atoms with van der Waals surface area (Å²) in [5.74, 6) is 1.18. The van der Waals surface area contributed by atoms with Crippen LogP contribution >= 0.6 is 0 Å². The van der Waals surface area contributed by atoms with Crippen LogP contribution in [0, 0.1) is 0 Å². The van der Waals surface area contributed by atoms with E-state index in [-0.39, 0.29) is 18.0 Å². The lowest BCUT2D eigenvalue weighted by molar-refractivity contribution is -0.117. The van der Waals surface area contributed by atoms with E-state index >= 15 is 0 Å². The zero-order valence-corrected chi connectivity index (χ0v) is 16.2. The average molecular weight is 376 g/mol. The fourth-order valence-electron chi connectivity index (χ4n) is 3.58. The number of hydrogen-bond donors (Lipinski definition) is 1. The van der Waals surface area contributed by atoms with Gasteiger partial charge in [-0.1, -0.05) is 6.92 Å². The van der Waals surface area contributed by atoms with E-state index in [2.05, 4.69) is 17.1 Å². The van der Waals surface area contributed by atoms with Gasteiger partial charge in [0, 0.05) is 50.9 Å². The number of benzene rings is 1. The first-order chi connectivity index (χ1) is 13.0. The third kappa shape index (κ3) is 4.27. The molecule has 0 aliphatic carbocycles. The average Bonchev–Trinajstić information content (AvgIpc) is 3.07. The minimum absolute atomic E-state index is 0.0108. The van der Waals surface area contributed by atoms with Crippen molar-refractivity contribution in [1.82, 2.24) is 15.1 Å². The zero-order chi connectivity index (χ0) is 19.4. The maximum absolute atomic E-state index is 12.5. The summed E-state index contributed by atoms with van der Waals surface area (Å²) in [5, 5.41) is 3.01. The summed E-state index contributed by atoms with van der Waals surface area (Å²) < 4.78 is 10.6. The predicted octanol–water partition coefficient (Wildman–Crippen LogP) is 1.16. The molecule has 1 aromatic carbocycles. The molecule has 3 amide bonds. The molecule has 2 aliphatic heterocycles. The van der Waals surface area contributed by atoms with Crippen LogP contribution in [0.3, 0.4) is 0 Å². The molecule has 1 N–H and O–H groups in total. The highest BCUT2D eigenvalue weighted by molar-refractivity contribution is 5.97. The molecule has 0 radical (unpaired) electrons. The lowest BCUT2D eigenvalue weighted by Crippen LogP contribution is -2.53. The highest BCUT2D eigenvalue weighted by Gasteiger charge is 2.33. The normalized spacial score (nSPS) is 20.7. The summed E-state index contributed by atoms with van der Waals surface area (Å²) >= 11 is 0. The van der Waals surface area contributed by atoms with Crippen LogP contribution in [0.5, 0.6) is 11.5 Å². The van der Waals surface area contributed by atoms with Gasteiger partial charge in [0.15, 0.2) is 11.5 Å². The molecule has 0 aromatic heterocycles. The van der Waals surface area contributed by atoms with Crippen LogP contribution in [0.25, 0.3) is 0 Å². The number of likely N-dealkylation sites (N-methyl/N-ethyl adjacent to an activating group) is 1. The monoisotopic (exact) mass is 376 g/mol. The van der Waals surface area contributed by atoms with Gasteiger partial charge in [-0.2, -0.15) is 0 Å². The summed E-state index contributed by atoms with van der Waals surface area (Å²) in [6, 6.07) is 5.11. The number of nitrogens with one attached hydrogen (secondary N) is 1. The molecule has 8 heteroatoms. The zero-order valence-electron chi connectivity index (χ0n) is 16.2. The van der Waals surface area contributed by atoms with Crippen molar-refractivity contribution in [3.63, 3.8) is 0 Å². The largest absolute Gasteiger partial charge is 0.493 e. The van der Waals surface area contributed by atoms with Gasteiger partial charge in [-0.3, -0.25) is 4.79 Å². The Morgan fingerprint density at radius 2 is 1.85 bits per heavy atom. The Bertz CT molecular complexity index is 688. The first-order valence-electron chi connectivity index (χ1n) is 9.36. The van der Waals surface area contributed by atoms with Gasteiger partial charge in [-0.05, 0) is 18.7 Å². The summed E-state index contributed by atoms with van der Waals surface area (Å²) in [4.78, 5) is 30.8. The molecule has 0 spiro atoms. The van der Waals surface area contributed by atoms with Gasteiger partial charge < -0.3 is 29.5 Å². The van der Waals surface area contributed by atoms with Crippen LogP contribution in [-0.4, -0.2) is 81.3 Å². The van der Waals surface area contributed by atoms with Crippen molar-refractivity contribution >= 4 is 17.6 Å². The van der Waals surface area contributed by atoms with Gasteiger partial charge >= 0.3 is 6.03 Å². The molecule has 2 aliphatic rings. The Morgan fingerprint density at radius 1 is 1.15 bits per heavy atom. The molecule has 8 nitrogen and oxygen atoms in total. The van der Waals surface area contributed by atoms with Gasteiger partial charge in [0.2, 0.25) is 5.91 Å². The quantitative estimate of drug-likeness (QED) is 0.835.